The number of carbonyl (C=O) groups is 1. The van der Waals surface area contributed by atoms with Crippen LogP contribution >= 0.6 is 0 Å². The van der Waals surface area contributed by atoms with Gasteiger partial charge in [-0.25, -0.2) is 9.89 Å². The van der Waals surface area contributed by atoms with E-state index in [1.807, 2.05) is 12.4 Å². The van der Waals surface area contributed by atoms with Crippen molar-refractivity contribution in [3.05, 3.63) is 28.3 Å². The number of pyridine rings is 1. The van der Waals surface area contributed by atoms with Crippen LogP contribution in [0.3, 0.4) is 0 Å². The van der Waals surface area contributed by atoms with Gasteiger partial charge in [-0.1, -0.05) is 0 Å². The lowest BCUT2D eigenvalue weighted by Gasteiger charge is -2.46. The number of rotatable bonds is 3. The highest BCUT2D eigenvalue weighted by molar-refractivity contribution is 5.95. The molecule has 5 aliphatic rings. The summed E-state index contributed by atoms with van der Waals surface area (Å²) in [5.41, 5.74) is 0.972. The lowest BCUT2D eigenvalue weighted by Crippen LogP contribution is -2.39. The highest BCUT2D eigenvalue weighted by atomic mass is 16.5. The fraction of sp³-hybridized carbons (Fsp3) is 0.650. The summed E-state index contributed by atoms with van der Waals surface area (Å²) in [6.45, 7) is 2.25. The van der Waals surface area contributed by atoms with Crippen molar-refractivity contribution in [2.75, 3.05) is 7.11 Å². The van der Waals surface area contributed by atoms with Gasteiger partial charge in [0, 0.05) is 18.4 Å². The number of H-pyrrole nitrogens is 1. The molecule has 0 radical (unpaired) electrons. The molecule has 26 heavy (non-hydrogen) atoms. The maximum absolute atomic E-state index is 12.3. The minimum atomic E-state index is -0.450. The quantitative estimate of drug-likeness (QED) is 0.858. The molecule has 2 heterocycles. The number of aromatic amines is 1. The predicted molar refractivity (Wildman–Crippen MR) is 96.1 cm³/mol. The first kappa shape index (κ1) is 16.1. The first-order chi connectivity index (χ1) is 12.6. The molecule has 1 N–H and O–H groups in total. The fourth-order valence-corrected chi connectivity index (χ4v) is 6.45. The van der Waals surface area contributed by atoms with Crippen LogP contribution in [0.15, 0.2) is 17.2 Å². The van der Waals surface area contributed by atoms with Gasteiger partial charge in [-0.15, -0.1) is 0 Å². The van der Waals surface area contributed by atoms with Crippen molar-refractivity contribution in [3.8, 4) is 11.3 Å². The lowest BCUT2D eigenvalue weighted by atomic mass is 9.62. The summed E-state index contributed by atoms with van der Waals surface area (Å²) < 4.78 is 7.00. The Labute approximate surface area is 152 Å². The van der Waals surface area contributed by atoms with Crippen LogP contribution in [-0.2, 0) is 4.74 Å². The van der Waals surface area contributed by atoms with Crippen molar-refractivity contribution in [3.63, 3.8) is 0 Å². The molecule has 6 atom stereocenters. The maximum atomic E-state index is 12.3. The van der Waals surface area contributed by atoms with Crippen molar-refractivity contribution >= 4 is 5.97 Å². The number of fused-ring (bicyclic) bond motifs is 3. The normalized spacial score (nSPS) is 33.5. The largest absolute Gasteiger partial charge is 0.465 e. The smallest absolute Gasteiger partial charge is 0.341 e. The number of nitrogens with zero attached hydrogens (tertiary/aromatic N) is 2. The van der Waals surface area contributed by atoms with Crippen LogP contribution in [0, 0.1) is 29.6 Å². The summed E-state index contributed by atoms with van der Waals surface area (Å²) in [5, 5.41) is 6.49. The molecule has 0 aromatic heterocycles. The second-order valence-electron chi connectivity index (χ2n) is 8.58. The van der Waals surface area contributed by atoms with E-state index in [-0.39, 0.29) is 11.6 Å². The number of aromatic nitrogens is 3. The molecule has 0 aromatic rings. The number of ether oxygens (including phenoxy) is 1. The van der Waals surface area contributed by atoms with E-state index in [0.29, 0.717) is 22.7 Å². The van der Waals surface area contributed by atoms with Crippen LogP contribution in [0.4, 0.5) is 0 Å². The van der Waals surface area contributed by atoms with Gasteiger partial charge in [-0.2, -0.15) is 5.10 Å². The first-order valence-corrected chi connectivity index (χ1v) is 9.75. The summed E-state index contributed by atoms with van der Waals surface area (Å²) in [5.74, 6) is 3.55. The first-order valence-electron chi connectivity index (χ1n) is 9.75. The zero-order chi connectivity index (χ0) is 18.0. The third-order valence-corrected chi connectivity index (χ3v) is 7.44. The standard InChI is InChI=1S/C20H25N3O3/c1-10(17-13-4-3-12-5-11(6-13)7-14(12)17)23-8-15-18(21-22-19(15)24)16(9-23)20(25)26-2/h8-14,17H,3-7H2,1-2H3,(H,22,24)/t10-,11-,12-,13-,14+,17-/m1/s1. The van der Waals surface area contributed by atoms with Crippen molar-refractivity contribution in [2.24, 2.45) is 29.6 Å². The summed E-state index contributed by atoms with van der Waals surface area (Å²) in [7, 11) is 1.36. The molecule has 3 fully saturated rings. The Hall–Kier alpha value is -2.11. The highest BCUT2D eigenvalue weighted by Crippen LogP contribution is 2.60. The molecule has 0 aromatic carbocycles. The number of nitrogens with one attached hydrogen (secondary N) is 1. The number of hydrogen-bond acceptors (Lipinski definition) is 4. The van der Waals surface area contributed by atoms with Crippen molar-refractivity contribution < 1.29 is 9.53 Å². The molecule has 0 saturated heterocycles. The maximum Gasteiger partial charge on any atom is 0.341 e. The minimum Gasteiger partial charge on any atom is -0.465 e. The van der Waals surface area contributed by atoms with Gasteiger partial charge in [0.15, 0.2) is 0 Å². The van der Waals surface area contributed by atoms with Gasteiger partial charge in [-0.05, 0) is 68.6 Å². The van der Waals surface area contributed by atoms with Gasteiger partial charge in [0.1, 0.15) is 11.3 Å². The molecule has 6 nitrogen and oxygen atoms in total. The Morgan fingerprint density at radius 1 is 1.27 bits per heavy atom. The van der Waals surface area contributed by atoms with Crippen LogP contribution in [0.1, 0.15) is 55.4 Å². The molecule has 6 heteroatoms. The fourth-order valence-electron chi connectivity index (χ4n) is 6.45. The van der Waals surface area contributed by atoms with Gasteiger partial charge in [-0.3, -0.25) is 4.79 Å². The van der Waals surface area contributed by atoms with Gasteiger partial charge >= 0.3 is 5.97 Å². The Morgan fingerprint density at radius 3 is 2.85 bits per heavy atom. The van der Waals surface area contributed by atoms with Crippen molar-refractivity contribution in [1.82, 2.24) is 14.8 Å². The summed E-state index contributed by atoms with van der Waals surface area (Å²) >= 11 is 0. The summed E-state index contributed by atoms with van der Waals surface area (Å²) in [4.78, 5) is 24.4. The molecular formula is C20H25N3O3. The van der Waals surface area contributed by atoms with Gasteiger partial charge in [0.2, 0.25) is 0 Å². The zero-order valence-corrected chi connectivity index (χ0v) is 15.3. The van der Waals surface area contributed by atoms with Crippen molar-refractivity contribution in [2.45, 2.75) is 45.1 Å². The number of methoxy groups -OCH3 is 1. The predicted octanol–water partition coefficient (Wildman–Crippen LogP) is 3.10. The Bertz CT molecular complexity index is 885. The van der Waals surface area contributed by atoms with E-state index >= 15 is 0 Å². The monoisotopic (exact) mass is 355 g/mol. The molecule has 3 aliphatic carbocycles. The van der Waals surface area contributed by atoms with Crippen LogP contribution in [0.5, 0.6) is 0 Å². The molecule has 2 aliphatic heterocycles. The molecule has 0 unspecified atom stereocenters. The molecule has 3 saturated carbocycles. The van der Waals surface area contributed by atoms with E-state index < -0.39 is 5.97 Å². The van der Waals surface area contributed by atoms with Crippen molar-refractivity contribution in [1.29, 1.82) is 0 Å². The topological polar surface area (TPSA) is 77.0 Å². The molecule has 0 spiro atoms. The second kappa shape index (κ2) is 5.69. The Balaban J connectivity index is 1.58. The summed E-state index contributed by atoms with van der Waals surface area (Å²) in [6, 6.07) is 0.258. The van der Waals surface area contributed by atoms with Crippen LogP contribution in [0.2, 0.25) is 0 Å². The lowest BCUT2D eigenvalue weighted by molar-refractivity contribution is 0.0449. The van der Waals surface area contributed by atoms with Crippen LogP contribution in [-0.4, -0.2) is 27.8 Å². The summed E-state index contributed by atoms with van der Waals surface area (Å²) in [6.07, 6.45) is 10.5. The van der Waals surface area contributed by atoms with Crippen LogP contribution < -0.4 is 5.56 Å². The molecule has 5 rings (SSSR count). The third-order valence-electron chi connectivity index (χ3n) is 7.44. The average molecular weight is 355 g/mol. The minimum absolute atomic E-state index is 0.252. The number of esters is 1. The Kier molecular flexibility index (Phi) is 3.52. The van der Waals surface area contributed by atoms with E-state index in [9.17, 15) is 9.59 Å². The SMILES string of the molecule is COC(=O)c1cn([C@H](C)[C@@H]2[C@@H]3CC[C@@H]4C[C@H](C3)C[C@@H]42)cc2c(=O)[nH]nc1-2. The average Bonchev–Trinajstić information content (AvgIpc) is 3.12. The molecule has 0 amide bonds. The number of carbonyl (C=O) groups excluding carboxylic acids is 1. The van der Waals surface area contributed by atoms with Gasteiger partial charge < -0.3 is 9.30 Å². The molecule has 138 valence electrons. The number of hydrogen-bond donors (Lipinski definition) is 1. The van der Waals surface area contributed by atoms with Crippen LogP contribution in [0.25, 0.3) is 11.3 Å². The van der Waals surface area contributed by atoms with Gasteiger partial charge in [0.25, 0.3) is 5.56 Å². The van der Waals surface area contributed by atoms with E-state index in [1.165, 1.54) is 39.2 Å². The molecule has 3 bridgehead atoms. The van der Waals surface area contributed by atoms with E-state index in [2.05, 4.69) is 21.7 Å². The molecular weight excluding hydrogens is 330 g/mol. The zero-order valence-electron chi connectivity index (χ0n) is 15.3. The third kappa shape index (κ3) is 2.20. The van der Waals surface area contributed by atoms with E-state index in [0.717, 1.165) is 23.7 Å². The van der Waals surface area contributed by atoms with E-state index in [4.69, 9.17) is 4.74 Å². The van der Waals surface area contributed by atoms with Gasteiger partial charge in [0.05, 0.1) is 12.7 Å². The van der Waals surface area contributed by atoms with E-state index in [1.54, 1.807) is 0 Å². The Morgan fingerprint density at radius 2 is 2.04 bits per heavy atom. The second-order valence-corrected chi connectivity index (χ2v) is 8.58. The highest BCUT2D eigenvalue weighted by Gasteiger charge is 2.51.